The van der Waals surface area contributed by atoms with Gasteiger partial charge in [0.25, 0.3) is 11.8 Å². The second kappa shape index (κ2) is 8.86. The summed E-state index contributed by atoms with van der Waals surface area (Å²) in [6.07, 6.45) is 0. The van der Waals surface area contributed by atoms with E-state index in [0.717, 1.165) is 11.1 Å². The summed E-state index contributed by atoms with van der Waals surface area (Å²) >= 11 is 0. The molecule has 3 rings (SSSR count). The van der Waals surface area contributed by atoms with Gasteiger partial charge in [0.15, 0.2) is 6.61 Å². The first kappa shape index (κ1) is 19.2. The minimum absolute atomic E-state index is 0.142. The lowest BCUT2D eigenvalue weighted by Gasteiger charge is -2.12. The minimum Gasteiger partial charge on any atom is -0.484 e. The van der Waals surface area contributed by atoms with Crippen LogP contribution in [0.2, 0.25) is 0 Å². The summed E-state index contributed by atoms with van der Waals surface area (Å²) in [4.78, 5) is 24.9. The lowest BCUT2D eigenvalue weighted by molar-refractivity contribution is -0.118. The van der Waals surface area contributed by atoms with Crippen LogP contribution in [0.25, 0.3) is 0 Å². The predicted molar refractivity (Wildman–Crippen MR) is 111 cm³/mol. The number of benzene rings is 3. The molecule has 5 heteroatoms. The van der Waals surface area contributed by atoms with Gasteiger partial charge in [-0.25, -0.2) is 0 Å². The molecule has 0 spiro atoms. The standard InChI is InChI=1S/C23H22N2O3/c1-16-12-13-18(14-17(16)2)24-23(27)20-10-6-7-11-21(20)25-22(26)15-28-19-8-4-3-5-9-19/h3-14H,15H2,1-2H3,(H,24,27)(H,25,26). The third-order valence-corrected chi connectivity index (χ3v) is 4.32. The van der Waals surface area contributed by atoms with Crippen molar-refractivity contribution in [1.29, 1.82) is 0 Å². The predicted octanol–water partition coefficient (Wildman–Crippen LogP) is 4.57. The monoisotopic (exact) mass is 374 g/mol. The summed E-state index contributed by atoms with van der Waals surface area (Å²) in [6.45, 7) is 3.87. The molecule has 0 heterocycles. The first-order valence-electron chi connectivity index (χ1n) is 8.98. The van der Waals surface area contributed by atoms with Crippen LogP contribution in [0.15, 0.2) is 72.8 Å². The Morgan fingerprint density at radius 1 is 0.821 bits per heavy atom. The van der Waals surface area contributed by atoms with Crippen molar-refractivity contribution in [2.75, 3.05) is 17.2 Å². The van der Waals surface area contributed by atoms with Gasteiger partial charge in [0.1, 0.15) is 5.75 Å². The van der Waals surface area contributed by atoms with Crippen LogP contribution in [0, 0.1) is 13.8 Å². The largest absolute Gasteiger partial charge is 0.484 e. The van der Waals surface area contributed by atoms with Crippen molar-refractivity contribution >= 4 is 23.2 Å². The van der Waals surface area contributed by atoms with Gasteiger partial charge < -0.3 is 15.4 Å². The Bertz CT molecular complexity index is 984. The zero-order valence-corrected chi connectivity index (χ0v) is 15.9. The number of amides is 2. The number of aryl methyl sites for hydroxylation is 2. The Hall–Kier alpha value is -3.60. The van der Waals surface area contributed by atoms with Gasteiger partial charge in [-0.2, -0.15) is 0 Å². The van der Waals surface area contributed by atoms with E-state index in [4.69, 9.17) is 4.74 Å². The van der Waals surface area contributed by atoms with Crippen LogP contribution in [0.5, 0.6) is 5.75 Å². The molecule has 0 unspecified atom stereocenters. The van der Waals surface area contributed by atoms with E-state index in [-0.39, 0.29) is 18.4 Å². The molecule has 0 atom stereocenters. The number of carbonyl (C=O) groups is 2. The Balaban J connectivity index is 1.67. The molecule has 0 aliphatic rings. The quantitative estimate of drug-likeness (QED) is 0.664. The summed E-state index contributed by atoms with van der Waals surface area (Å²) in [7, 11) is 0. The molecular weight excluding hydrogens is 352 g/mol. The number of hydrogen-bond donors (Lipinski definition) is 2. The molecule has 0 radical (unpaired) electrons. The molecule has 0 aromatic heterocycles. The third-order valence-electron chi connectivity index (χ3n) is 4.32. The zero-order valence-electron chi connectivity index (χ0n) is 15.9. The van der Waals surface area contributed by atoms with Gasteiger partial charge in [-0.15, -0.1) is 0 Å². The average Bonchev–Trinajstić information content (AvgIpc) is 2.70. The van der Waals surface area contributed by atoms with Gasteiger partial charge >= 0.3 is 0 Å². The molecular formula is C23H22N2O3. The molecule has 2 N–H and O–H groups in total. The summed E-state index contributed by atoms with van der Waals surface area (Å²) in [5, 5.41) is 5.62. The molecule has 0 aliphatic carbocycles. The minimum atomic E-state index is -0.338. The van der Waals surface area contributed by atoms with Crippen molar-refractivity contribution in [2.24, 2.45) is 0 Å². The Labute approximate surface area is 164 Å². The number of nitrogens with one attached hydrogen (secondary N) is 2. The summed E-state index contributed by atoms with van der Waals surface area (Å²) < 4.78 is 5.45. The van der Waals surface area contributed by atoms with E-state index in [1.165, 1.54) is 0 Å². The normalized spacial score (nSPS) is 10.2. The summed E-state index contributed by atoms with van der Waals surface area (Å²) in [6, 6.07) is 21.7. The third kappa shape index (κ3) is 4.98. The highest BCUT2D eigenvalue weighted by Gasteiger charge is 2.14. The lowest BCUT2D eigenvalue weighted by Crippen LogP contribution is -2.22. The molecule has 0 saturated heterocycles. The summed E-state index contributed by atoms with van der Waals surface area (Å²) in [5.74, 6) is -0.0168. The molecule has 3 aromatic carbocycles. The maximum atomic E-state index is 12.7. The number of para-hydroxylation sites is 2. The van der Waals surface area contributed by atoms with Crippen molar-refractivity contribution < 1.29 is 14.3 Å². The number of anilines is 2. The van der Waals surface area contributed by atoms with Crippen molar-refractivity contribution in [3.05, 3.63) is 89.5 Å². The van der Waals surface area contributed by atoms with Crippen LogP contribution in [-0.2, 0) is 4.79 Å². The Morgan fingerprint density at radius 3 is 2.29 bits per heavy atom. The van der Waals surface area contributed by atoms with Crippen molar-refractivity contribution in [3.8, 4) is 5.75 Å². The van der Waals surface area contributed by atoms with Gasteiger partial charge in [-0.05, 0) is 61.4 Å². The number of rotatable bonds is 6. The maximum absolute atomic E-state index is 12.7. The number of hydrogen-bond acceptors (Lipinski definition) is 3. The average molecular weight is 374 g/mol. The SMILES string of the molecule is Cc1ccc(NC(=O)c2ccccc2NC(=O)COc2ccccc2)cc1C. The molecule has 3 aromatic rings. The van der Waals surface area contributed by atoms with Crippen molar-refractivity contribution in [3.63, 3.8) is 0 Å². The van der Waals surface area contributed by atoms with Gasteiger partial charge in [0, 0.05) is 5.69 Å². The highest BCUT2D eigenvalue weighted by atomic mass is 16.5. The zero-order chi connectivity index (χ0) is 19.9. The van der Waals surface area contributed by atoms with Crippen LogP contribution in [0.4, 0.5) is 11.4 Å². The summed E-state index contributed by atoms with van der Waals surface area (Å²) in [5.41, 5.74) is 3.78. The fourth-order valence-electron chi connectivity index (χ4n) is 2.66. The first-order chi connectivity index (χ1) is 13.5. The van der Waals surface area contributed by atoms with E-state index in [9.17, 15) is 9.59 Å². The van der Waals surface area contributed by atoms with Gasteiger partial charge in [0.05, 0.1) is 11.3 Å². The smallest absolute Gasteiger partial charge is 0.262 e. The highest BCUT2D eigenvalue weighted by molar-refractivity contribution is 6.10. The Morgan fingerprint density at radius 2 is 1.54 bits per heavy atom. The van der Waals surface area contributed by atoms with Crippen molar-refractivity contribution in [1.82, 2.24) is 0 Å². The van der Waals surface area contributed by atoms with Gasteiger partial charge in [-0.3, -0.25) is 9.59 Å². The lowest BCUT2D eigenvalue weighted by atomic mass is 10.1. The van der Waals surface area contributed by atoms with Crippen LogP contribution in [0.1, 0.15) is 21.5 Å². The topological polar surface area (TPSA) is 67.4 Å². The molecule has 2 amide bonds. The van der Waals surface area contributed by atoms with E-state index in [0.29, 0.717) is 22.7 Å². The Kier molecular flexibility index (Phi) is 6.07. The van der Waals surface area contributed by atoms with E-state index < -0.39 is 0 Å². The maximum Gasteiger partial charge on any atom is 0.262 e. The molecule has 0 aliphatic heterocycles. The van der Waals surface area contributed by atoms with Gasteiger partial charge in [-0.1, -0.05) is 36.4 Å². The second-order valence-corrected chi connectivity index (χ2v) is 6.45. The van der Waals surface area contributed by atoms with Crippen LogP contribution in [0.3, 0.4) is 0 Å². The van der Waals surface area contributed by atoms with E-state index in [1.54, 1.807) is 36.4 Å². The van der Waals surface area contributed by atoms with Crippen molar-refractivity contribution in [2.45, 2.75) is 13.8 Å². The van der Waals surface area contributed by atoms with E-state index in [2.05, 4.69) is 10.6 Å². The molecule has 0 saturated carbocycles. The van der Waals surface area contributed by atoms with Gasteiger partial charge in [0.2, 0.25) is 0 Å². The fraction of sp³-hybridized carbons (Fsp3) is 0.130. The fourth-order valence-corrected chi connectivity index (χ4v) is 2.66. The molecule has 0 bridgehead atoms. The van der Waals surface area contributed by atoms with Crippen LogP contribution >= 0.6 is 0 Å². The first-order valence-corrected chi connectivity index (χ1v) is 8.98. The molecule has 142 valence electrons. The van der Waals surface area contributed by atoms with Crippen LogP contribution < -0.4 is 15.4 Å². The molecule has 28 heavy (non-hydrogen) atoms. The van der Waals surface area contributed by atoms with Crippen LogP contribution in [-0.4, -0.2) is 18.4 Å². The van der Waals surface area contributed by atoms with E-state index in [1.807, 2.05) is 50.2 Å². The van der Waals surface area contributed by atoms with E-state index >= 15 is 0 Å². The molecule has 0 fully saturated rings. The number of carbonyl (C=O) groups excluding carboxylic acids is 2. The second-order valence-electron chi connectivity index (χ2n) is 6.45. The molecule has 5 nitrogen and oxygen atoms in total. The number of ether oxygens (including phenoxy) is 1. The highest BCUT2D eigenvalue weighted by Crippen LogP contribution is 2.19.